The molecule has 0 saturated heterocycles. The van der Waals surface area contributed by atoms with Gasteiger partial charge in [0, 0.05) is 29.3 Å². The highest BCUT2D eigenvalue weighted by atomic mass is 16.4. The van der Waals surface area contributed by atoms with Gasteiger partial charge in [0.15, 0.2) is 0 Å². The van der Waals surface area contributed by atoms with Crippen molar-refractivity contribution in [3.05, 3.63) is 108 Å². The van der Waals surface area contributed by atoms with Crippen molar-refractivity contribution >= 4 is 23.4 Å². The maximum Gasteiger partial charge on any atom is 0.326 e. The molecule has 1 amide bonds. The molecule has 3 N–H and O–H groups in total. The second-order valence-corrected chi connectivity index (χ2v) is 7.81. The van der Waals surface area contributed by atoms with E-state index in [9.17, 15) is 14.7 Å². The lowest BCUT2D eigenvalue weighted by Gasteiger charge is -2.15. The molecule has 34 heavy (non-hydrogen) atoms. The minimum Gasteiger partial charge on any atom is -0.480 e. The second-order valence-electron chi connectivity index (χ2n) is 7.81. The number of nitrogens with one attached hydrogen (secondary N) is 2. The molecule has 4 aromatic rings. The molecule has 0 bridgehead atoms. The Morgan fingerprint density at radius 1 is 0.882 bits per heavy atom. The number of hydrogen-bond donors (Lipinski definition) is 3. The monoisotopic (exact) mass is 452 g/mol. The van der Waals surface area contributed by atoms with Crippen LogP contribution in [0.1, 0.15) is 21.7 Å². The molecule has 1 unspecified atom stereocenters. The van der Waals surface area contributed by atoms with Crippen LogP contribution in [-0.4, -0.2) is 33.0 Å². The van der Waals surface area contributed by atoms with Crippen molar-refractivity contribution in [1.82, 2.24) is 15.3 Å². The van der Waals surface area contributed by atoms with Gasteiger partial charge < -0.3 is 15.7 Å². The molecule has 4 rings (SSSR count). The van der Waals surface area contributed by atoms with E-state index in [1.54, 1.807) is 18.2 Å². The van der Waals surface area contributed by atoms with Gasteiger partial charge in [0.1, 0.15) is 17.7 Å². The molecule has 0 saturated carbocycles. The third-order valence-electron chi connectivity index (χ3n) is 5.19. The number of hydrogen-bond acceptors (Lipinski definition) is 5. The molecule has 0 aliphatic rings. The van der Waals surface area contributed by atoms with E-state index in [2.05, 4.69) is 20.6 Å². The third-order valence-corrected chi connectivity index (χ3v) is 5.19. The summed E-state index contributed by atoms with van der Waals surface area (Å²) in [7, 11) is 0. The number of carbonyl (C=O) groups is 2. The number of aryl methyl sites for hydroxylation is 1. The second kappa shape index (κ2) is 10.4. The van der Waals surface area contributed by atoms with E-state index < -0.39 is 17.9 Å². The minimum atomic E-state index is -1.09. The Hall–Kier alpha value is -4.52. The van der Waals surface area contributed by atoms with Crippen molar-refractivity contribution in [2.75, 3.05) is 5.32 Å². The Labute approximate surface area is 197 Å². The molecule has 3 aromatic carbocycles. The first-order valence-electron chi connectivity index (χ1n) is 10.8. The van der Waals surface area contributed by atoms with E-state index in [4.69, 9.17) is 0 Å². The smallest absolute Gasteiger partial charge is 0.326 e. The van der Waals surface area contributed by atoms with Crippen LogP contribution in [0.2, 0.25) is 0 Å². The van der Waals surface area contributed by atoms with Gasteiger partial charge in [-0.05, 0) is 30.7 Å². The number of rotatable bonds is 8. The molecule has 1 heterocycles. The number of carbonyl (C=O) groups excluding carboxylic acids is 1. The number of anilines is 2. The van der Waals surface area contributed by atoms with E-state index in [1.807, 2.05) is 79.7 Å². The van der Waals surface area contributed by atoms with Gasteiger partial charge in [-0.2, -0.15) is 0 Å². The molecule has 1 atom stereocenters. The lowest BCUT2D eigenvalue weighted by atomic mass is 10.1. The number of carboxylic acid groups (broad SMARTS) is 1. The fourth-order valence-electron chi connectivity index (χ4n) is 3.57. The maximum absolute atomic E-state index is 12.8. The van der Waals surface area contributed by atoms with Crippen LogP contribution in [0.4, 0.5) is 11.5 Å². The summed E-state index contributed by atoms with van der Waals surface area (Å²) < 4.78 is 0. The zero-order valence-corrected chi connectivity index (χ0v) is 18.6. The van der Waals surface area contributed by atoms with E-state index in [1.165, 1.54) is 0 Å². The van der Waals surface area contributed by atoms with Crippen LogP contribution in [0.3, 0.4) is 0 Å². The first kappa shape index (κ1) is 22.7. The minimum absolute atomic E-state index is 0.197. The Kier molecular flexibility index (Phi) is 6.93. The lowest BCUT2D eigenvalue weighted by molar-refractivity contribution is -0.139. The van der Waals surface area contributed by atoms with Crippen molar-refractivity contribution in [2.45, 2.75) is 19.4 Å². The highest BCUT2D eigenvalue weighted by molar-refractivity contribution is 5.97. The van der Waals surface area contributed by atoms with E-state index in [0.717, 1.165) is 16.8 Å². The summed E-state index contributed by atoms with van der Waals surface area (Å²) in [6, 6.07) is 26.7. The first-order chi connectivity index (χ1) is 16.5. The summed E-state index contributed by atoms with van der Waals surface area (Å²) in [5.41, 5.74) is 3.59. The topological polar surface area (TPSA) is 104 Å². The number of carboxylic acids is 1. The molecule has 7 heteroatoms. The summed E-state index contributed by atoms with van der Waals surface area (Å²) in [4.78, 5) is 33.5. The molecule has 0 aliphatic carbocycles. The van der Waals surface area contributed by atoms with Gasteiger partial charge in [-0.1, -0.05) is 66.7 Å². The summed E-state index contributed by atoms with van der Waals surface area (Å²) in [5.74, 6) is -0.341. The number of aromatic nitrogens is 2. The maximum atomic E-state index is 12.8. The average Bonchev–Trinajstić information content (AvgIpc) is 2.84. The normalized spacial score (nSPS) is 11.4. The van der Waals surface area contributed by atoms with Gasteiger partial charge in [-0.3, -0.25) is 4.79 Å². The van der Waals surface area contributed by atoms with Crippen LogP contribution in [0, 0.1) is 6.92 Å². The van der Waals surface area contributed by atoms with Gasteiger partial charge >= 0.3 is 5.97 Å². The molecule has 170 valence electrons. The fourth-order valence-corrected chi connectivity index (χ4v) is 3.57. The molecule has 0 radical (unpaired) electrons. The van der Waals surface area contributed by atoms with Crippen molar-refractivity contribution in [1.29, 1.82) is 0 Å². The number of amides is 1. The predicted octanol–water partition coefficient (Wildman–Crippen LogP) is 4.62. The molecule has 1 aromatic heterocycles. The van der Waals surface area contributed by atoms with Crippen molar-refractivity contribution < 1.29 is 14.7 Å². The Morgan fingerprint density at radius 3 is 2.29 bits per heavy atom. The Bertz CT molecular complexity index is 1290. The summed E-state index contributed by atoms with van der Waals surface area (Å²) in [5, 5.41) is 15.4. The highest BCUT2D eigenvalue weighted by Crippen LogP contribution is 2.22. The van der Waals surface area contributed by atoms with Gasteiger partial charge in [-0.25, -0.2) is 14.8 Å². The Balaban J connectivity index is 1.50. The largest absolute Gasteiger partial charge is 0.480 e. The standard InChI is InChI=1S/C27H24N4O3/c1-18-28-23(20-11-6-3-7-12-20)17-25(29-18)30-22-14-8-13-21(16-22)26(32)31-24(27(33)34)15-19-9-4-2-5-10-19/h2-14,16-17,24H,15H2,1H3,(H,31,32)(H,33,34)(H,28,29,30). The van der Waals surface area contributed by atoms with Crippen LogP contribution in [0.5, 0.6) is 0 Å². The zero-order chi connectivity index (χ0) is 23.9. The van der Waals surface area contributed by atoms with Crippen molar-refractivity contribution in [3.8, 4) is 11.3 Å². The van der Waals surface area contributed by atoms with Crippen LogP contribution >= 0.6 is 0 Å². The number of benzene rings is 3. The van der Waals surface area contributed by atoms with Crippen LogP contribution in [0.15, 0.2) is 91.0 Å². The van der Waals surface area contributed by atoms with Gasteiger partial charge in [-0.15, -0.1) is 0 Å². The van der Waals surface area contributed by atoms with Crippen LogP contribution in [-0.2, 0) is 11.2 Å². The van der Waals surface area contributed by atoms with Gasteiger partial charge in [0.25, 0.3) is 5.91 Å². The average molecular weight is 453 g/mol. The van der Waals surface area contributed by atoms with Gasteiger partial charge in [0.05, 0.1) is 5.69 Å². The summed E-state index contributed by atoms with van der Waals surface area (Å²) in [6.45, 7) is 1.82. The van der Waals surface area contributed by atoms with Crippen molar-refractivity contribution in [3.63, 3.8) is 0 Å². The molecule has 0 fully saturated rings. The number of nitrogens with zero attached hydrogens (tertiary/aromatic N) is 2. The third kappa shape index (κ3) is 5.83. The molecule has 7 nitrogen and oxygen atoms in total. The predicted molar refractivity (Wildman–Crippen MR) is 131 cm³/mol. The Morgan fingerprint density at radius 2 is 1.59 bits per heavy atom. The highest BCUT2D eigenvalue weighted by Gasteiger charge is 2.21. The SMILES string of the molecule is Cc1nc(Nc2cccc(C(=O)NC(Cc3ccccc3)C(=O)O)c2)cc(-c2ccccc2)n1. The van der Waals surface area contributed by atoms with E-state index in [0.29, 0.717) is 22.9 Å². The van der Waals surface area contributed by atoms with E-state index >= 15 is 0 Å². The molecular weight excluding hydrogens is 428 g/mol. The quantitative estimate of drug-likeness (QED) is 0.360. The molecular formula is C27H24N4O3. The molecule has 0 spiro atoms. The lowest BCUT2D eigenvalue weighted by Crippen LogP contribution is -2.42. The first-order valence-corrected chi connectivity index (χ1v) is 10.8. The van der Waals surface area contributed by atoms with Crippen LogP contribution < -0.4 is 10.6 Å². The van der Waals surface area contributed by atoms with E-state index in [-0.39, 0.29) is 6.42 Å². The molecule has 0 aliphatic heterocycles. The van der Waals surface area contributed by atoms with Crippen molar-refractivity contribution in [2.24, 2.45) is 0 Å². The van der Waals surface area contributed by atoms with Gasteiger partial charge in [0.2, 0.25) is 0 Å². The summed E-state index contributed by atoms with van der Waals surface area (Å²) in [6.07, 6.45) is 0.197. The zero-order valence-electron chi connectivity index (χ0n) is 18.6. The fraction of sp³-hybridized carbons (Fsp3) is 0.111. The summed E-state index contributed by atoms with van der Waals surface area (Å²) >= 11 is 0. The van der Waals surface area contributed by atoms with Crippen LogP contribution in [0.25, 0.3) is 11.3 Å². The number of aliphatic carboxylic acids is 1.